The standard InChI is InChI=1S/C30H27F2N7O5/c1-37-16-30(41,17-37)18-4-2-5-20(10-18)43-21-6-7-25(44-29(31)32)22(11-21)26-24(13-39(36-26)19-14-42-15-19)35-28(40)23-12-34-38-9-3-8-33-27(23)38/h2-13,19,29,41H,14-17H2,1H3,(H,35,40). The first-order valence-electron chi connectivity index (χ1n) is 13.8. The van der Waals surface area contributed by atoms with Gasteiger partial charge in [-0.05, 0) is 49.0 Å². The first kappa shape index (κ1) is 27.9. The fraction of sp³-hybridized carbons (Fsp3) is 0.267. The highest BCUT2D eigenvalue weighted by molar-refractivity contribution is 6.09. The Kier molecular flexibility index (Phi) is 6.95. The summed E-state index contributed by atoms with van der Waals surface area (Å²) in [6.45, 7) is -1.30. The molecule has 0 bridgehead atoms. The number of alkyl halides is 2. The van der Waals surface area contributed by atoms with Crippen LogP contribution in [0.3, 0.4) is 0 Å². The molecule has 1 amide bonds. The van der Waals surface area contributed by atoms with E-state index >= 15 is 0 Å². The van der Waals surface area contributed by atoms with E-state index in [1.54, 1.807) is 47.5 Å². The minimum atomic E-state index is -3.11. The Morgan fingerprint density at radius 2 is 1.98 bits per heavy atom. The third-order valence-corrected chi connectivity index (χ3v) is 7.59. The predicted molar refractivity (Wildman–Crippen MR) is 153 cm³/mol. The maximum atomic E-state index is 13.5. The second-order valence-corrected chi connectivity index (χ2v) is 10.8. The summed E-state index contributed by atoms with van der Waals surface area (Å²) in [6.07, 6.45) is 6.24. The summed E-state index contributed by atoms with van der Waals surface area (Å²) in [5, 5.41) is 22.6. The zero-order valence-corrected chi connectivity index (χ0v) is 23.4. The normalized spacial score (nSPS) is 16.5. The molecule has 0 unspecified atom stereocenters. The van der Waals surface area contributed by atoms with Crippen LogP contribution in [0.5, 0.6) is 17.2 Å². The van der Waals surface area contributed by atoms with Gasteiger partial charge in [0.1, 0.15) is 34.1 Å². The largest absolute Gasteiger partial charge is 0.457 e. The first-order valence-corrected chi connectivity index (χ1v) is 13.8. The van der Waals surface area contributed by atoms with E-state index in [0.717, 1.165) is 0 Å². The number of nitrogens with one attached hydrogen (secondary N) is 1. The molecule has 2 fully saturated rings. The maximum absolute atomic E-state index is 13.5. The van der Waals surface area contributed by atoms with Crippen molar-refractivity contribution in [2.75, 3.05) is 38.7 Å². The maximum Gasteiger partial charge on any atom is 0.387 e. The molecule has 2 saturated heterocycles. The summed E-state index contributed by atoms with van der Waals surface area (Å²) < 4.78 is 46.4. The Labute approximate surface area is 249 Å². The van der Waals surface area contributed by atoms with Gasteiger partial charge in [0, 0.05) is 31.7 Å². The number of fused-ring (bicyclic) bond motifs is 1. The second-order valence-electron chi connectivity index (χ2n) is 10.8. The zero-order valence-electron chi connectivity index (χ0n) is 23.4. The number of ether oxygens (including phenoxy) is 3. The Balaban J connectivity index is 1.25. The van der Waals surface area contributed by atoms with Crippen molar-refractivity contribution in [2.45, 2.75) is 18.3 Å². The van der Waals surface area contributed by atoms with E-state index < -0.39 is 18.1 Å². The van der Waals surface area contributed by atoms with Crippen LogP contribution in [0.1, 0.15) is 22.0 Å². The molecule has 0 saturated carbocycles. The van der Waals surface area contributed by atoms with Gasteiger partial charge in [-0.1, -0.05) is 12.1 Å². The van der Waals surface area contributed by atoms with Crippen LogP contribution in [0.4, 0.5) is 14.5 Å². The van der Waals surface area contributed by atoms with E-state index in [9.17, 15) is 18.7 Å². The van der Waals surface area contributed by atoms with E-state index in [0.29, 0.717) is 49.0 Å². The van der Waals surface area contributed by atoms with Crippen LogP contribution in [-0.2, 0) is 10.3 Å². The summed E-state index contributed by atoms with van der Waals surface area (Å²) in [6, 6.07) is 13.1. The number of aliphatic hydroxyl groups is 1. The average Bonchev–Trinajstić information content (AvgIpc) is 3.56. The number of halogens is 2. The first-order chi connectivity index (χ1) is 21.3. The third-order valence-electron chi connectivity index (χ3n) is 7.59. The molecular formula is C30H27F2N7O5. The topological polar surface area (TPSA) is 128 Å². The lowest BCUT2D eigenvalue weighted by atomic mass is 9.86. The third kappa shape index (κ3) is 5.23. The van der Waals surface area contributed by atoms with Gasteiger partial charge in [0.2, 0.25) is 0 Å². The van der Waals surface area contributed by atoms with Crippen LogP contribution in [0.25, 0.3) is 16.9 Å². The molecule has 0 radical (unpaired) electrons. The van der Waals surface area contributed by atoms with Crippen LogP contribution in [-0.4, -0.2) is 80.3 Å². The summed E-state index contributed by atoms with van der Waals surface area (Å²) >= 11 is 0. The average molecular weight is 604 g/mol. The summed E-state index contributed by atoms with van der Waals surface area (Å²) in [5.74, 6) is 0.0907. The number of β-amino-alcohol motifs (C(OH)–C–C–N with tert-alkyl or cyclic N) is 1. The van der Waals surface area contributed by atoms with E-state index in [-0.39, 0.29) is 34.3 Å². The minimum Gasteiger partial charge on any atom is -0.457 e. The Morgan fingerprint density at radius 1 is 1.16 bits per heavy atom. The molecule has 5 heterocycles. The number of carbonyl (C=O) groups is 1. The fourth-order valence-electron chi connectivity index (χ4n) is 5.39. The molecule has 2 aromatic carbocycles. The van der Waals surface area contributed by atoms with Gasteiger partial charge in [0.25, 0.3) is 5.91 Å². The van der Waals surface area contributed by atoms with Gasteiger partial charge in [0.05, 0.1) is 36.7 Å². The van der Waals surface area contributed by atoms with Crippen molar-refractivity contribution in [1.82, 2.24) is 29.3 Å². The Hall–Kier alpha value is -4.92. The van der Waals surface area contributed by atoms with Crippen molar-refractivity contribution < 1.29 is 32.9 Å². The number of benzene rings is 2. The fourth-order valence-corrected chi connectivity index (χ4v) is 5.39. The molecule has 2 aliphatic heterocycles. The molecule has 5 aromatic rings. The van der Waals surface area contributed by atoms with Crippen LogP contribution in [0.15, 0.2) is 73.3 Å². The Bertz CT molecular complexity index is 1850. The summed E-state index contributed by atoms with van der Waals surface area (Å²) in [5.41, 5.74) is 0.921. The van der Waals surface area contributed by atoms with Crippen LogP contribution in [0, 0.1) is 0 Å². The smallest absolute Gasteiger partial charge is 0.387 e. The van der Waals surface area contributed by atoms with Crippen molar-refractivity contribution in [1.29, 1.82) is 0 Å². The second kappa shape index (κ2) is 11.0. The lowest BCUT2D eigenvalue weighted by molar-refractivity contribution is -0.0919. The number of aromatic nitrogens is 5. The molecule has 2 aliphatic rings. The van der Waals surface area contributed by atoms with Crippen molar-refractivity contribution in [3.05, 3.63) is 84.4 Å². The molecular weight excluding hydrogens is 576 g/mol. The molecule has 0 aliphatic carbocycles. The van der Waals surface area contributed by atoms with E-state index in [1.807, 2.05) is 18.0 Å². The van der Waals surface area contributed by atoms with Gasteiger partial charge < -0.3 is 24.6 Å². The molecule has 0 spiro atoms. The number of amides is 1. The van der Waals surface area contributed by atoms with Crippen molar-refractivity contribution >= 4 is 17.2 Å². The lowest BCUT2D eigenvalue weighted by Gasteiger charge is -2.44. The number of likely N-dealkylation sites (N-methyl/N-ethyl adjacent to an activating group) is 1. The predicted octanol–water partition coefficient (Wildman–Crippen LogP) is 3.94. The number of hydrogen-bond acceptors (Lipinski definition) is 9. The molecule has 44 heavy (non-hydrogen) atoms. The molecule has 3 aromatic heterocycles. The number of rotatable bonds is 9. The summed E-state index contributed by atoms with van der Waals surface area (Å²) in [4.78, 5) is 19.6. The summed E-state index contributed by atoms with van der Waals surface area (Å²) in [7, 11) is 1.92. The number of anilines is 1. The SMILES string of the molecule is CN1CC(O)(c2cccc(Oc3ccc(OC(F)F)c(-c4nn(C5COC5)cc4NC(=O)c4cnn5cccnc45)c3)c2)C1. The number of likely N-dealkylation sites (tertiary alicyclic amines) is 1. The van der Waals surface area contributed by atoms with Gasteiger partial charge in [-0.15, -0.1) is 0 Å². The van der Waals surface area contributed by atoms with Crippen LogP contribution < -0.4 is 14.8 Å². The minimum absolute atomic E-state index is 0.101. The molecule has 12 nitrogen and oxygen atoms in total. The molecule has 14 heteroatoms. The molecule has 226 valence electrons. The van der Waals surface area contributed by atoms with Crippen molar-refractivity contribution in [3.63, 3.8) is 0 Å². The molecule has 2 N–H and O–H groups in total. The van der Waals surface area contributed by atoms with Crippen molar-refractivity contribution in [2.24, 2.45) is 0 Å². The van der Waals surface area contributed by atoms with Gasteiger partial charge in [-0.3, -0.25) is 14.4 Å². The van der Waals surface area contributed by atoms with Gasteiger partial charge in [0.15, 0.2) is 5.65 Å². The van der Waals surface area contributed by atoms with Gasteiger partial charge >= 0.3 is 6.61 Å². The zero-order chi connectivity index (χ0) is 30.4. The lowest BCUT2D eigenvalue weighted by Crippen LogP contribution is -2.57. The van der Waals surface area contributed by atoms with Crippen molar-refractivity contribution in [3.8, 4) is 28.5 Å². The highest BCUT2D eigenvalue weighted by Crippen LogP contribution is 2.40. The highest BCUT2D eigenvalue weighted by atomic mass is 19.3. The van der Waals surface area contributed by atoms with E-state index in [4.69, 9.17) is 14.2 Å². The Morgan fingerprint density at radius 3 is 2.73 bits per heavy atom. The molecule has 7 rings (SSSR count). The van der Waals surface area contributed by atoms with Gasteiger partial charge in [-0.25, -0.2) is 9.50 Å². The quantitative estimate of drug-likeness (QED) is 0.258. The molecule has 0 atom stereocenters. The number of nitrogens with zero attached hydrogens (tertiary/aromatic N) is 6. The van der Waals surface area contributed by atoms with Gasteiger partial charge in [-0.2, -0.15) is 19.0 Å². The van der Waals surface area contributed by atoms with Crippen LogP contribution in [0.2, 0.25) is 0 Å². The number of hydrogen-bond donors (Lipinski definition) is 2. The highest BCUT2D eigenvalue weighted by Gasteiger charge is 2.40. The monoisotopic (exact) mass is 603 g/mol. The number of carbonyl (C=O) groups excluding carboxylic acids is 1. The van der Waals surface area contributed by atoms with Crippen LogP contribution >= 0.6 is 0 Å². The van der Waals surface area contributed by atoms with E-state index in [1.165, 1.54) is 28.9 Å². The van der Waals surface area contributed by atoms with E-state index in [2.05, 4.69) is 20.5 Å².